The molecule has 1 aliphatic carbocycles. The quantitative estimate of drug-likeness (QED) is 0.762. The summed E-state index contributed by atoms with van der Waals surface area (Å²) < 4.78 is 0. The minimum absolute atomic E-state index is 0.0435. The lowest BCUT2D eigenvalue weighted by atomic mass is 9.89. The van der Waals surface area contributed by atoms with Gasteiger partial charge in [-0.3, -0.25) is 9.59 Å². The average molecular weight is 348 g/mol. The average Bonchev–Trinajstić information content (AvgIpc) is 2.90. The van der Waals surface area contributed by atoms with Crippen molar-refractivity contribution in [2.45, 2.75) is 52.0 Å². The van der Waals surface area contributed by atoms with Crippen LogP contribution in [-0.2, 0) is 24.1 Å². The minimum Gasteiger partial charge on any atom is -0.352 e. The molecule has 1 amide bonds. The van der Waals surface area contributed by atoms with Gasteiger partial charge >= 0.3 is 0 Å². The molecule has 0 aliphatic heterocycles. The molecule has 6 nitrogen and oxygen atoms in total. The third-order valence-electron chi connectivity index (χ3n) is 4.56. The highest BCUT2D eigenvalue weighted by molar-refractivity contribution is 7.18. The maximum atomic E-state index is 12.5. The Morgan fingerprint density at radius 3 is 3.08 bits per heavy atom. The fourth-order valence-electron chi connectivity index (χ4n) is 3.15. The van der Waals surface area contributed by atoms with Crippen LogP contribution in [0.2, 0.25) is 0 Å². The molecule has 0 spiro atoms. The molecule has 2 aromatic rings. The zero-order valence-corrected chi connectivity index (χ0v) is 15.0. The predicted octanol–water partition coefficient (Wildman–Crippen LogP) is 1.51. The first-order chi connectivity index (χ1) is 11.5. The van der Waals surface area contributed by atoms with Gasteiger partial charge in [-0.15, -0.1) is 11.3 Å². The number of H-pyrrole nitrogens is 1. The van der Waals surface area contributed by atoms with Crippen LogP contribution in [0.25, 0.3) is 10.2 Å². The molecule has 0 saturated heterocycles. The number of carbonyl (C=O) groups is 1. The van der Waals surface area contributed by atoms with E-state index in [9.17, 15) is 9.59 Å². The summed E-state index contributed by atoms with van der Waals surface area (Å²) in [5.41, 5.74) is 6.61. The summed E-state index contributed by atoms with van der Waals surface area (Å²) in [6.07, 6.45) is 3.83. The Balaban J connectivity index is 1.79. The predicted molar refractivity (Wildman–Crippen MR) is 96.4 cm³/mol. The van der Waals surface area contributed by atoms with Crippen molar-refractivity contribution >= 4 is 27.5 Å². The first kappa shape index (κ1) is 17.1. The van der Waals surface area contributed by atoms with Gasteiger partial charge in [-0.2, -0.15) is 0 Å². The molecule has 3 rings (SSSR count). The van der Waals surface area contributed by atoms with Gasteiger partial charge in [0.05, 0.1) is 5.39 Å². The van der Waals surface area contributed by atoms with Crippen molar-refractivity contribution in [1.82, 2.24) is 15.3 Å². The van der Waals surface area contributed by atoms with Crippen LogP contribution in [-0.4, -0.2) is 28.5 Å². The van der Waals surface area contributed by atoms with E-state index in [1.807, 2.05) is 6.92 Å². The molecule has 4 N–H and O–H groups in total. The summed E-state index contributed by atoms with van der Waals surface area (Å²) in [5.74, 6) is 1.17. The number of nitrogens with two attached hydrogens (primary N) is 1. The molecule has 0 radical (unpaired) electrons. The topological polar surface area (TPSA) is 101 Å². The van der Waals surface area contributed by atoms with Crippen LogP contribution in [0.1, 0.15) is 43.0 Å². The zero-order chi connectivity index (χ0) is 17.3. The second-order valence-corrected chi connectivity index (χ2v) is 7.83. The Morgan fingerprint density at radius 2 is 2.33 bits per heavy atom. The van der Waals surface area contributed by atoms with Crippen LogP contribution in [0.15, 0.2) is 4.79 Å². The molecule has 24 heavy (non-hydrogen) atoms. The fourth-order valence-corrected chi connectivity index (χ4v) is 4.55. The lowest BCUT2D eigenvalue weighted by molar-refractivity contribution is -0.121. The van der Waals surface area contributed by atoms with Crippen molar-refractivity contribution in [3.05, 3.63) is 26.6 Å². The van der Waals surface area contributed by atoms with E-state index in [2.05, 4.69) is 22.2 Å². The van der Waals surface area contributed by atoms with E-state index in [1.165, 1.54) is 10.4 Å². The standard InChI is InChI=1S/C17H24N4O2S/c1-9-3-4-11-12(7-9)24-17-15(11)16(23)20-13(21-17)5-6-14(22)19-10(2)8-18/h9-10H,3-8,18H2,1-2H3,(H,19,22)(H,20,21,23)/t9?,10-/m0/s1. The number of carbonyl (C=O) groups excluding carboxylic acids is 1. The monoisotopic (exact) mass is 348 g/mol. The normalized spacial score (nSPS) is 18.4. The lowest BCUT2D eigenvalue weighted by Crippen LogP contribution is -2.37. The third-order valence-corrected chi connectivity index (χ3v) is 5.71. The number of fused-ring (bicyclic) bond motifs is 3. The van der Waals surface area contributed by atoms with Crippen molar-refractivity contribution in [2.24, 2.45) is 11.7 Å². The van der Waals surface area contributed by atoms with Crippen LogP contribution in [0.5, 0.6) is 0 Å². The maximum absolute atomic E-state index is 12.5. The molecule has 2 aromatic heterocycles. The van der Waals surface area contributed by atoms with Crippen molar-refractivity contribution in [1.29, 1.82) is 0 Å². The molecule has 2 heterocycles. The van der Waals surface area contributed by atoms with Gasteiger partial charge in [0.25, 0.3) is 5.56 Å². The van der Waals surface area contributed by atoms with Crippen molar-refractivity contribution in [3.63, 3.8) is 0 Å². The Morgan fingerprint density at radius 1 is 1.54 bits per heavy atom. The Labute approximate surface area is 144 Å². The smallest absolute Gasteiger partial charge is 0.259 e. The van der Waals surface area contributed by atoms with Crippen LogP contribution < -0.4 is 16.6 Å². The Hall–Kier alpha value is -1.73. The summed E-state index contributed by atoms with van der Waals surface area (Å²) >= 11 is 1.63. The van der Waals surface area contributed by atoms with E-state index in [0.717, 1.165) is 29.5 Å². The van der Waals surface area contributed by atoms with Gasteiger partial charge in [0.1, 0.15) is 10.7 Å². The molecule has 2 atom stereocenters. The number of aryl methyl sites for hydroxylation is 2. The zero-order valence-electron chi connectivity index (χ0n) is 14.1. The number of rotatable bonds is 5. The number of nitrogens with zero attached hydrogens (tertiary/aromatic N) is 1. The number of aromatic amines is 1. The Bertz CT molecular complexity index is 811. The van der Waals surface area contributed by atoms with E-state index >= 15 is 0 Å². The highest BCUT2D eigenvalue weighted by atomic mass is 32.1. The number of nitrogens with one attached hydrogen (secondary N) is 2. The molecule has 0 saturated carbocycles. The van der Waals surface area contributed by atoms with Gasteiger partial charge in [-0.1, -0.05) is 6.92 Å². The van der Waals surface area contributed by atoms with E-state index < -0.39 is 0 Å². The van der Waals surface area contributed by atoms with Crippen LogP contribution in [0.3, 0.4) is 0 Å². The first-order valence-corrected chi connectivity index (χ1v) is 9.32. The van der Waals surface area contributed by atoms with E-state index in [0.29, 0.717) is 31.1 Å². The molecular weight excluding hydrogens is 324 g/mol. The van der Waals surface area contributed by atoms with Crippen LogP contribution in [0, 0.1) is 5.92 Å². The van der Waals surface area contributed by atoms with Gasteiger partial charge < -0.3 is 16.0 Å². The molecule has 0 aromatic carbocycles. The largest absolute Gasteiger partial charge is 0.352 e. The summed E-state index contributed by atoms with van der Waals surface area (Å²) in [7, 11) is 0. The summed E-state index contributed by atoms with van der Waals surface area (Å²) in [6, 6.07) is -0.0435. The minimum atomic E-state index is -0.0741. The Kier molecular flexibility index (Phi) is 5.01. The van der Waals surface area contributed by atoms with Gasteiger partial charge in [0.2, 0.25) is 5.91 Å². The lowest BCUT2D eigenvalue weighted by Gasteiger charge is -2.17. The van der Waals surface area contributed by atoms with E-state index in [4.69, 9.17) is 5.73 Å². The van der Waals surface area contributed by atoms with Crippen LogP contribution >= 0.6 is 11.3 Å². The van der Waals surface area contributed by atoms with Crippen LogP contribution in [0.4, 0.5) is 0 Å². The molecule has 1 unspecified atom stereocenters. The summed E-state index contributed by atoms with van der Waals surface area (Å²) in [5, 5.41) is 3.57. The van der Waals surface area contributed by atoms with Crippen molar-refractivity contribution in [3.8, 4) is 0 Å². The number of hydrogen-bond donors (Lipinski definition) is 3. The number of hydrogen-bond acceptors (Lipinski definition) is 5. The SMILES string of the molecule is CC1CCc2c(sc3nc(CCC(=O)N[C@@H](C)CN)[nH]c(=O)c23)C1. The number of aromatic nitrogens is 2. The third kappa shape index (κ3) is 3.52. The maximum Gasteiger partial charge on any atom is 0.259 e. The second-order valence-electron chi connectivity index (χ2n) is 6.75. The summed E-state index contributed by atoms with van der Waals surface area (Å²) in [6.45, 7) is 4.52. The molecule has 7 heteroatoms. The van der Waals surface area contributed by atoms with E-state index in [-0.39, 0.29) is 17.5 Å². The second kappa shape index (κ2) is 7.03. The van der Waals surface area contributed by atoms with Gasteiger partial charge in [0.15, 0.2) is 0 Å². The first-order valence-electron chi connectivity index (χ1n) is 8.50. The summed E-state index contributed by atoms with van der Waals surface area (Å²) in [4.78, 5) is 33.9. The van der Waals surface area contributed by atoms with Gasteiger partial charge in [-0.25, -0.2) is 4.98 Å². The van der Waals surface area contributed by atoms with Crippen molar-refractivity contribution < 1.29 is 4.79 Å². The van der Waals surface area contributed by atoms with Gasteiger partial charge in [-0.05, 0) is 37.7 Å². The molecular formula is C17H24N4O2S. The molecule has 0 bridgehead atoms. The molecule has 0 fully saturated rings. The van der Waals surface area contributed by atoms with E-state index in [1.54, 1.807) is 11.3 Å². The highest BCUT2D eigenvalue weighted by Gasteiger charge is 2.23. The van der Waals surface area contributed by atoms with Crippen molar-refractivity contribution in [2.75, 3.05) is 6.54 Å². The molecule has 130 valence electrons. The fraction of sp³-hybridized carbons (Fsp3) is 0.588. The highest BCUT2D eigenvalue weighted by Crippen LogP contribution is 2.35. The number of thiophene rings is 1. The van der Waals surface area contributed by atoms with Gasteiger partial charge in [0, 0.05) is 30.3 Å². The molecule has 1 aliphatic rings. The number of amides is 1.